The van der Waals surface area contributed by atoms with Gasteiger partial charge in [0, 0.05) is 51.5 Å². The molecule has 0 aliphatic heterocycles. The average molecular weight is 1800 g/mol. The minimum absolute atomic E-state index is 0.000885. The van der Waals surface area contributed by atoms with E-state index in [2.05, 4.69) is 62.5 Å². The number of nitrogens with one attached hydrogen (secondary N) is 8. The third-order valence-electron chi connectivity index (χ3n) is 14.0. The Hall–Kier alpha value is -9.64. The molecule has 0 saturated heterocycles. The second kappa shape index (κ2) is 62.5. The van der Waals surface area contributed by atoms with Crippen molar-refractivity contribution in [2.24, 2.45) is 30.8 Å². The molecule has 0 fully saturated rings. The maximum absolute atomic E-state index is 13.8. The molecule has 720 valence electrons. The van der Waals surface area contributed by atoms with E-state index in [1.54, 1.807) is 138 Å². The van der Waals surface area contributed by atoms with Crippen molar-refractivity contribution in [3.63, 3.8) is 0 Å². The maximum atomic E-state index is 13.8. The number of ether oxygens (including phenoxy) is 21. The molecule has 8 N–H and O–H groups in total. The molecule has 0 heterocycles. The molecule has 2 atom stereocenters. The van der Waals surface area contributed by atoms with Crippen LogP contribution >= 0.6 is 0 Å². The minimum atomic E-state index is -1.83. The first-order chi connectivity index (χ1) is 58.3. The quantitative estimate of drug-likeness (QED) is 0.00932. The van der Waals surface area contributed by atoms with Crippen LogP contribution in [-0.4, -0.2) is 328 Å². The minimum Gasteiger partial charge on any atom is -0.463 e. The lowest BCUT2D eigenvalue weighted by Crippen LogP contribution is -2.47. The second-order valence-corrected chi connectivity index (χ2v) is 33.7. The smallest absolute Gasteiger partial charge is 0.435 e. The Kier molecular flexibility index (Phi) is 57.7. The normalized spacial score (nSPS) is 13.2. The number of aliphatic imine (C=N–C) groups is 4. The van der Waals surface area contributed by atoms with Crippen LogP contribution in [0.1, 0.15) is 178 Å². The van der Waals surface area contributed by atoms with E-state index in [9.17, 15) is 57.5 Å². The molecule has 0 aromatic heterocycles. The van der Waals surface area contributed by atoms with Gasteiger partial charge in [0.05, 0.1) is 119 Å². The lowest BCUT2D eigenvalue weighted by molar-refractivity contribution is -0.163. The molecule has 45 heteroatoms. The van der Waals surface area contributed by atoms with Gasteiger partial charge in [-0.05, 0) is 172 Å². The molecule has 0 bridgehead atoms. The summed E-state index contributed by atoms with van der Waals surface area (Å²) in [4.78, 5) is 169. The standard InChI is InChI=1S/C80H142N12O33/c1-57(87-67(99)120-73(3,4)5)25-23-33-105-41-43-109-37-29-83-63(95)116-53-79(21,55-118-65(97)85-31-39-111-47-45-107-35-27-81-58(2)88-68(100)121-74(6,7)8)60(93)114-51-49-113-50-52-115-61(94)80(22,54-117-64(96)84-30-38-110-44-42-106-34-24-26-59(89-69(101)122-75(9,10)11)90-70(102)123-76(12,13)14)56-119-66(98)86-32-40-112-48-46-108-36-28-82-62(91-71(103)124-77(15,16)17)92-72(104)125-78(18,19)20/h23-56H2,1-22H3,(H,83,95)(H,84,96)(H,85,97)(H,86,98)(H,81,88,100)(H,89,90,101,102)(H2,82,91,92,103,104). The highest BCUT2D eigenvalue weighted by atomic mass is 16.6. The number of hydrogen-bond donors (Lipinski definition) is 8. The number of amidine groups is 2. The first-order valence-electron chi connectivity index (χ1n) is 41.1. The van der Waals surface area contributed by atoms with Crippen molar-refractivity contribution in [2.45, 2.75) is 212 Å². The van der Waals surface area contributed by atoms with Crippen LogP contribution < -0.4 is 42.5 Å². The number of carbonyl (C=O) groups excluding carboxylic acids is 12. The first-order valence-corrected chi connectivity index (χ1v) is 41.1. The first kappa shape index (κ1) is 115. The third kappa shape index (κ3) is 71.2. The predicted molar refractivity (Wildman–Crippen MR) is 452 cm³/mol. The molecule has 2 unspecified atom stereocenters. The largest absolute Gasteiger partial charge is 0.463 e. The summed E-state index contributed by atoms with van der Waals surface area (Å²) in [6.45, 7) is 34.8. The molecule has 0 aliphatic rings. The van der Waals surface area contributed by atoms with Crippen molar-refractivity contribution in [1.29, 1.82) is 0 Å². The Bertz CT molecular complexity index is 3330. The molecule has 0 rings (SSSR count). The molecule has 0 aliphatic carbocycles. The third-order valence-corrected chi connectivity index (χ3v) is 14.0. The zero-order valence-electron chi connectivity index (χ0n) is 77.3. The summed E-state index contributed by atoms with van der Waals surface area (Å²) in [5, 5.41) is 19.8. The average Bonchev–Trinajstić information content (AvgIpc) is 0.858. The monoisotopic (exact) mass is 1800 g/mol. The SMILES string of the molecule is CC(CCCOCCOCCNC(=O)OCC(C)(COC(=O)NCCOCCOCCN=C(C)NC(=O)OC(C)(C)C)C(=O)OCCOCCOC(=O)C(C)(COC(=O)NCCOCCOCCCC(=NC(=O)OC(C)(C)C)NC(=O)OC(C)(C)C)COC(=O)NCCOCCOCCN=C(NC(=O)OC(C)(C)C)NC(=O)OC(C)(C)C)=NC(=O)OC(C)(C)C. The Morgan fingerprint density at radius 3 is 0.872 bits per heavy atom. The van der Waals surface area contributed by atoms with Gasteiger partial charge in [-0.3, -0.25) is 35.8 Å². The number of esters is 2. The van der Waals surface area contributed by atoms with E-state index in [1.165, 1.54) is 13.8 Å². The molecular formula is C80H142N12O33. The highest BCUT2D eigenvalue weighted by molar-refractivity contribution is 6.02. The lowest BCUT2D eigenvalue weighted by Gasteiger charge is -2.27. The van der Waals surface area contributed by atoms with Gasteiger partial charge in [-0.15, -0.1) is 0 Å². The number of alkyl carbamates (subject to hydrolysis) is 8. The summed E-state index contributed by atoms with van der Waals surface area (Å²) in [6, 6.07) is 0. The maximum Gasteiger partial charge on any atom is 0.435 e. The molecular weight excluding hydrogens is 1660 g/mol. The fourth-order valence-electron chi connectivity index (χ4n) is 8.58. The Labute approximate surface area is 733 Å². The second-order valence-electron chi connectivity index (χ2n) is 33.7. The van der Waals surface area contributed by atoms with Gasteiger partial charge in [-0.2, -0.15) is 9.98 Å². The number of carbonyl (C=O) groups is 12. The van der Waals surface area contributed by atoms with Gasteiger partial charge in [-0.1, -0.05) is 0 Å². The Balaban J connectivity index is 5.89. The van der Waals surface area contributed by atoms with E-state index in [4.69, 9.17) is 99.5 Å². The predicted octanol–water partition coefficient (Wildman–Crippen LogP) is 8.30. The summed E-state index contributed by atoms with van der Waals surface area (Å²) >= 11 is 0. The molecule has 10 amide bonds. The van der Waals surface area contributed by atoms with E-state index in [0.717, 1.165) is 0 Å². The highest BCUT2D eigenvalue weighted by Crippen LogP contribution is 2.23. The van der Waals surface area contributed by atoms with Crippen LogP contribution in [-0.2, 0) is 109 Å². The van der Waals surface area contributed by atoms with E-state index in [-0.39, 0.29) is 170 Å². The van der Waals surface area contributed by atoms with Gasteiger partial charge < -0.3 is 121 Å². The van der Waals surface area contributed by atoms with E-state index in [1.807, 2.05) is 0 Å². The zero-order chi connectivity index (χ0) is 94.6. The number of amides is 10. The van der Waals surface area contributed by atoms with Gasteiger partial charge in [-0.25, -0.2) is 52.9 Å². The lowest BCUT2D eigenvalue weighted by atomic mass is 9.93. The molecule has 0 spiro atoms. The van der Waals surface area contributed by atoms with Crippen molar-refractivity contribution in [3.8, 4) is 0 Å². The van der Waals surface area contributed by atoms with Gasteiger partial charge in [0.25, 0.3) is 0 Å². The van der Waals surface area contributed by atoms with Crippen LogP contribution in [0.5, 0.6) is 0 Å². The van der Waals surface area contributed by atoms with Crippen LogP contribution in [0.2, 0.25) is 0 Å². The fourth-order valence-corrected chi connectivity index (χ4v) is 8.58. The van der Waals surface area contributed by atoms with Gasteiger partial charge in [0.2, 0.25) is 5.96 Å². The van der Waals surface area contributed by atoms with E-state index in [0.29, 0.717) is 37.4 Å². The van der Waals surface area contributed by atoms with E-state index < -0.39 is 157 Å². The van der Waals surface area contributed by atoms with Crippen LogP contribution in [0.3, 0.4) is 0 Å². The topological polar surface area (TPSA) is 544 Å². The molecule has 0 radical (unpaired) electrons. The van der Waals surface area contributed by atoms with Gasteiger partial charge in [0.15, 0.2) is 0 Å². The van der Waals surface area contributed by atoms with Gasteiger partial charge in [0.1, 0.15) is 95.7 Å². The van der Waals surface area contributed by atoms with Crippen molar-refractivity contribution < 1.29 is 157 Å². The Morgan fingerprint density at radius 1 is 0.264 bits per heavy atom. The molecule has 0 aromatic carbocycles. The summed E-state index contributed by atoms with van der Waals surface area (Å²) in [6.07, 6.45) is -7.00. The van der Waals surface area contributed by atoms with Crippen LogP contribution in [0.4, 0.5) is 47.9 Å². The summed E-state index contributed by atoms with van der Waals surface area (Å²) < 4.78 is 114. The van der Waals surface area contributed by atoms with Crippen molar-refractivity contribution >= 4 is 96.2 Å². The van der Waals surface area contributed by atoms with E-state index >= 15 is 0 Å². The highest BCUT2D eigenvalue weighted by Gasteiger charge is 2.41. The van der Waals surface area contributed by atoms with Gasteiger partial charge >= 0.3 is 72.9 Å². The van der Waals surface area contributed by atoms with Crippen LogP contribution in [0.15, 0.2) is 20.0 Å². The molecule has 0 saturated carbocycles. The molecule has 45 nitrogen and oxygen atoms in total. The summed E-state index contributed by atoms with van der Waals surface area (Å²) in [7, 11) is 0. The summed E-state index contributed by atoms with van der Waals surface area (Å²) in [5.41, 5.74) is -7.65. The number of hydrogen-bond acceptors (Lipinski definition) is 35. The number of nitrogens with zero attached hydrogens (tertiary/aromatic N) is 4. The zero-order valence-corrected chi connectivity index (χ0v) is 77.3. The fraction of sp³-hybridized carbons (Fsp3) is 0.800. The number of rotatable bonds is 54. The van der Waals surface area contributed by atoms with Crippen molar-refractivity contribution in [3.05, 3.63) is 0 Å². The Morgan fingerprint density at radius 2 is 0.536 bits per heavy atom. The van der Waals surface area contributed by atoms with Crippen LogP contribution in [0, 0.1) is 10.8 Å². The van der Waals surface area contributed by atoms with Crippen LogP contribution in [0.25, 0.3) is 0 Å². The molecule has 0 aromatic rings. The molecule has 125 heavy (non-hydrogen) atoms. The van der Waals surface area contributed by atoms with Crippen molar-refractivity contribution in [2.75, 3.05) is 198 Å². The summed E-state index contributed by atoms with van der Waals surface area (Å²) in [5.74, 6) is -1.82. The number of guanidine groups is 1. The van der Waals surface area contributed by atoms with Crippen molar-refractivity contribution in [1.82, 2.24) is 42.5 Å².